The third kappa shape index (κ3) is 2.76. The Balaban J connectivity index is 1.61. The van der Waals surface area contributed by atoms with Crippen LogP contribution in [0, 0.1) is 6.92 Å². The molecule has 0 radical (unpaired) electrons. The normalized spacial score (nSPS) is 18.4. The SMILES string of the molecule is COc1ccc2c(c1)C1c3c[nH]c4cccc(c34)-c3cc(C)ccc3N1C(C1=CCCCC1)=C2. The first-order valence-electron chi connectivity index (χ1n) is 12.3. The van der Waals surface area contributed by atoms with Crippen LogP contribution < -0.4 is 9.64 Å². The van der Waals surface area contributed by atoms with Gasteiger partial charge in [0.05, 0.1) is 13.2 Å². The minimum Gasteiger partial charge on any atom is -0.497 e. The first-order chi connectivity index (χ1) is 16.7. The van der Waals surface area contributed by atoms with E-state index in [-0.39, 0.29) is 6.04 Å². The Bertz CT molecular complexity index is 1520. The van der Waals surface area contributed by atoms with Crippen LogP contribution >= 0.6 is 0 Å². The summed E-state index contributed by atoms with van der Waals surface area (Å²) in [6.45, 7) is 2.19. The van der Waals surface area contributed by atoms with E-state index in [1.54, 1.807) is 7.11 Å². The quantitative estimate of drug-likeness (QED) is 0.340. The maximum atomic E-state index is 5.69. The van der Waals surface area contributed by atoms with Gasteiger partial charge in [0, 0.05) is 39.6 Å². The van der Waals surface area contributed by atoms with Crippen LogP contribution in [0.15, 0.2) is 78.1 Å². The fraction of sp³-hybridized carbons (Fsp3) is 0.226. The molecule has 1 aliphatic carbocycles. The highest BCUT2D eigenvalue weighted by Gasteiger charge is 2.38. The second-order valence-corrected chi connectivity index (χ2v) is 9.76. The number of hydrogen-bond acceptors (Lipinski definition) is 2. The molecule has 1 N–H and O–H groups in total. The highest BCUT2D eigenvalue weighted by Crippen LogP contribution is 2.53. The number of ether oxygens (including phenoxy) is 1. The zero-order valence-electron chi connectivity index (χ0n) is 19.7. The van der Waals surface area contributed by atoms with Gasteiger partial charge in [0.1, 0.15) is 5.75 Å². The van der Waals surface area contributed by atoms with Crippen LogP contribution in [0.5, 0.6) is 5.75 Å². The van der Waals surface area contributed by atoms with Crippen molar-refractivity contribution in [2.75, 3.05) is 12.0 Å². The summed E-state index contributed by atoms with van der Waals surface area (Å²) in [5.74, 6) is 0.904. The van der Waals surface area contributed by atoms with Crippen molar-refractivity contribution in [3.05, 3.63) is 100 Å². The molecule has 3 aromatic carbocycles. The van der Waals surface area contributed by atoms with E-state index in [1.165, 1.54) is 74.1 Å². The van der Waals surface area contributed by atoms with E-state index < -0.39 is 0 Å². The van der Waals surface area contributed by atoms with Gasteiger partial charge in [0.25, 0.3) is 0 Å². The van der Waals surface area contributed by atoms with E-state index in [1.807, 2.05) is 0 Å². The number of rotatable bonds is 2. The zero-order valence-corrected chi connectivity index (χ0v) is 19.7. The van der Waals surface area contributed by atoms with Crippen molar-refractivity contribution in [1.29, 1.82) is 0 Å². The summed E-state index contributed by atoms with van der Waals surface area (Å²) in [6.07, 6.45) is 11.9. The van der Waals surface area contributed by atoms with Gasteiger partial charge in [0.2, 0.25) is 0 Å². The van der Waals surface area contributed by atoms with Crippen molar-refractivity contribution in [3.8, 4) is 16.9 Å². The van der Waals surface area contributed by atoms with Gasteiger partial charge in [-0.05, 0) is 91.3 Å². The Kier molecular flexibility index (Phi) is 4.29. The number of nitrogens with zero attached hydrogens (tertiary/aromatic N) is 1. The van der Waals surface area contributed by atoms with Crippen LogP contribution in [-0.4, -0.2) is 12.1 Å². The predicted molar refractivity (Wildman–Crippen MR) is 140 cm³/mol. The number of fused-ring (bicyclic) bond motifs is 7. The lowest BCUT2D eigenvalue weighted by Crippen LogP contribution is -2.33. The molecule has 7 rings (SSSR count). The molecule has 4 aromatic rings. The van der Waals surface area contributed by atoms with E-state index in [4.69, 9.17) is 4.74 Å². The third-order valence-corrected chi connectivity index (χ3v) is 7.75. The molecule has 3 aliphatic rings. The van der Waals surface area contributed by atoms with Crippen molar-refractivity contribution < 1.29 is 4.74 Å². The molecule has 1 aromatic heterocycles. The lowest BCUT2D eigenvalue weighted by atomic mass is 9.85. The summed E-state index contributed by atoms with van der Waals surface area (Å²) in [5.41, 5.74) is 13.1. The second-order valence-electron chi connectivity index (χ2n) is 9.76. The Hall–Kier alpha value is -3.72. The van der Waals surface area contributed by atoms with Gasteiger partial charge >= 0.3 is 0 Å². The standard InChI is InChI=1S/C31H28N2O/c1-19-11-14-28-25(15-19)23-9-6-10-27-30(23)26(18-32-27)31-24-17-22(34-2)13-12-21(24)16-29(33(28)31)20-7-4-3-5-8-20/h6-7,9-18,31-32H,3-5,8H2,1-2H3. The number of aromatic nitrogens is 1. The third-order valence-electron chi connectivity index (χ3n) is 7.75. The summed E-state index contributed by atoms with van der Waals surface area (Å²) >= 11 is 0. The van der Waals surface area contributed by atoms with E-state index in [0.717, 1.165) is 18.6 Å². The molecule has 0 saturated heterocycles. The molecule has 1 atom stereocenters. The minimum absolute atomic E-state index is 0.0757. The average Bonchev–Trinajstić information content (AvgIpc) is 3.27. The Morgan fingerprint density at radius 1 is 0.971 bits per heavy atom. The summed E-state index contributed by atoms with van der Waals surface area (Å²) < 4.78 is 5.69. The maximum absolute atomic E-state index is 5.69. The van der Waals surface area contributed by atoms with E-state index in [0.29, 0.717) is 0 Å². The maximum Gasteiger partial charge on any atom is 0.119 e. The number of allylic oxidation sites excluding steroid dienone is 2. The van der Waals surface area contributed by atoms with E-state index >= 15 is 0 Å². The second kappa shape index (κ2) is 7.39. The molecule has 0 bridgehead atoms. The van der Waals surface area contributed by atoms with Crippen LogP contribution in [-0.2, 0) is 0 Å². The molecular formula is C31H28N2O. The van der Waals surface area contributed by atoms with Gasteiger partial charge in [-0.15, -0.1) is 0 Å². The number of nitrogens with one attached hydrogen (secondary N) is 1. The van der Waals surface area contributed by atoms with Crippen LogP contribution in [0.1, 0.15) is 54.0 Å². The Labute approximate surface area is 200 Å². The number of anilines is 1. The summed E-state index contributed by atoms with van der Waals surface area (Å²) in [4.78, 5) is 6.20. The van der Waals surface area contributed by atoms with Crippen molar-refractivity contribution in [3.63, 3.8) is 0 Å². The first-order valence-corrected chi connectivity index (χ1v) is 12.3. The van der Waals surface area contributed by atoms with Crippen LogP contribution in [0.3, 0.4) is 0 Å². The monoisotopic (exact) mass is 444 g/mol. The molecule has 0 spiro atoms. The molecule has 3 heteroatoms. The van der Waals surface area contributed by atoms with Crippen molar-refractivity contribution in [2.45, 2.75) is 38.6 Å². The summed E-state index contributed by atoms with van der Waals surface area (Å²) in [6, 6.07) is 20.2. The number of H-pyrrole nitrogens is 1. The van der Waals surface area contributed by atoms with Crippen molar-refractivity contribution >= 4 is 22.7 Å². The molecule has 0 fully saturated rings. The number of benzene rings is 3. The average molecular weight is 445 g/mol. The smallest absolute Gasteiger partial charge is 0.119 e. The van der Waals surface area contributed by atoms with Gasteiger partial charge < -0.3 is 14.6 Å². The lowest BCUT2D eigenvalue weighted by molar-refractivity contribution is 0.414. The van der Waals surface area contributed by atoms with Crippen LogP contribution in [0.4, 0.5) is 5.69 Å². The van der Waals surface area contributed by atoms with Crippen LogP contribution in [0.2, 0.25) is 0 Å². The van der Waals surface area contributed by atoms with Gasteiger partial charge in [-0.3, -0.25) is 0 Å². The molecular weight excluding hydrogens is 416 g/mol. The van der Waals surface area contributed by atoms with Crippen molar-refractivity contribution in [2.24, 2.45) is 0 Å². The number of hydrogen-bond donors (Lipinski definition) is 1. The first kappa shape index (κ1) is 19.7. The van der Waals surface area contributed by atoms with Crippen molar-refractivity contribution in [1.82, 2.24) is 4.98 Å². The zero-order chi connectivity index (χ0) is 22.8. The number of methoxy groups -OCH3 is 1. The van der Waals surface area contributed by atoms with Gasteiger partial charge in [-0.25, -0.2) is 0 Å². The van der Waals surface area contributed by atoms with Crippen LogP contribution in [0.25, 0.3) is 28.1 Å². The molecule has 0 amide bonds. The topological polar surface area (TPSA) is 28.3 Å². The Morgan fingerprint density at radius 2 is 1.91 bits per heavy atom. The lowest BCUT2D eigenvalue weighted by Gasteiger charge is -2.41. The highest BCUT2D eigenvalue weighted by atomic mass is 16.5. The minimum atomic E-state index is 0.0757. The molecule has 1 unspecified atom stereocenters. The number of aryl methyl sites for hydroxylation is 1. The summed E-state index contributed by atoms with van der Waals surface area (Å²) in [5, 5.41) is 1.33. The molecule has 2 aliphatic heterocycles. The van der Waals surface area contributed by atoms with E-state index in [9.17, 15) is 0 Å². The number of aromatic amines is 1. The van der Waals surface area contributed by atoms with Gasteiger partial charge in [-0.1, -0.05) is 35.9 Å². The van der Waals surface area contributed by atoms with E-state index in [2.05, 4.69) is 89.8 Å². The molecule has 0 saturated carbocycles. The predicted octanol–water partition coefficient (Wildman–Crippen LogP) is 7.92. The molecule has 34 heavy (non-hydrogen) atoms. The highest BCUT2D eigenvalue weighted by molar-refractivity contribution is 6.04. The fourth-order valence-corrected chi connectivity index (χ4v) is 6.16. The molecule has 3 heterocycles. The molecule has 168 valence electrons. The fourth-order valence-electron chi connectivity index (χ4n) is 6.16. The Morgan fingerprint density at radius 3 is 2.76 bits per heavy atom. The molecule has 3 nitrogen and oxygen atoms in total. The van der Waals surface area contributed by atoms with Gasteiger partial charge in [-0.2, -0.15) is 0 Å². The largest absolute Gasteiger partial charge is 0.497 e. The summed E-state index contributed by atoms with van der Waals surface area (Å²) in [7, 11) is 1.76. The van der Waals surface area contributed by atoms with Gasteiger partial charge in [0.15, 0.2) is 0 Å².